The van der Waals surface area contributed by atoms with Crippen LogP contribution in [0.5, 0.6) is 0 Å². The van der Waals surface area contributed by atoms with Crippen molar-refractivity contribution in [3.05, 3.63) is 59.4 Å². The quantitative estimate of drug-likeness (QED) is 0.596. The van der Waals surface area contributed by atoms with Crippen molar-refractivity contribution in [3.8, 4) is 11.4 Å². The van der Waals surface area contributed by atoms with Gasteiger partial charge < -0.3 is 9.88 Å². The Bertz CT molecular complexity index is 1180. The van der Waals surface area contributed by atoms with Crippen LogP contribution >= 0.6 is 11.6 Å². The molecule has 0 unspecified atom stereocenters. The molecule has 1 aromatic heterocycles. The van der Waals surface area contributed by atoms with Crippen molar-refractivity contribution in [2.45, 2.75) is 43.5 Å². The number of halogens is 1. The minimum absolute atomic E-state index is 0.0573. The Balaban J connectivity index is 1.69. The minimum Gasteiger partial charge on any atom is -0.315 e. The Morgan fingerprint density at radius 3 is 2.55 bits per heavy atom. The number of nitrogens with one attached hydrogen (secondary N) is 2. The fourth-order valence-electron chi connectivity index (χ4n) is 3.71. The number of hydrogen-bond acceptors (Lipinski definition) is 5. The van der Waals surface area contributed by atoms with Gasteiger partial charge in [-0.15, -0.1) is 10.2 Å². The van der Waals surface area contributed by atoms with E-state index in [2.05, 4.69) is 41.0 Å². The number of sulfonamides is 1. The average Bonchev–Trinajstić information content (AvgIpc) is 3.40. The molecule has 0 amide bonds. The second kappa shape index (κ2) is 8.26. The van der Waals surface area contributed by atoms with E-state index in [1.54, 1.807) is 36.7 Å². The second-order valence-corrected chi connectivity index (χ2v) is 10.9. The van der Waals surface area contributed by atoms with Crippen molar-refractivity contribution in [2.75, 3.05) is 17.8 Å². The zero-order valence-electron chi connectivity index (χ0n) is 17.8. The smallest absolute Gasteiger partial charge is 0.261 e. The van der Waals surface area contributed by atoms with E-state index < -0.39 is 10.0 Å². The summed E-state index contributed by atoms with van der Waals surface area (Å²) in [5.74, 6) is 0.581. The number of hydrogen-bond donors (Lipinski definition) is 2. The largest absolute Gasteiger partial charge is 0.315 e. The number of nitrogens with zero attached hydrogens (tertiary/aromatic N) is 3. The SMILES string of the molecule is CC(C)(C)c1ccc(S(=O)(=O)Nc2ccc(Cl)cc2-c2nncn2[C@@H]2CCNC2)cc1. The Morgan fingerprint density at radius 2 is 1.90 bits per heavy atom. The van der Waals surface area contributed by atoms with Crippen molar-refractivity contribution < 1.29 is 8.42 Å². The molecule has 2 aromatic carbocycles. The summed E-state index contributed by atoms with van der Waals surface area (Å²) in [6.45, 7) is 7.99. The standard InChI is InChI=1S/C22H26ClN5O2S/c1-22(2,3)15-4-7-18(8-5-15)31(29,30)27-20-9-6-16(23)12-19(20)21-26-25-14-28(21)17-10-11-24-13-17/h4-9,12,14,17,24,27H,10-11,13H2,1-3H3/t17-/m1/s1. The summed E-state index contributed by atoms with van der Waals surface area (Å²) >= 11 is 6.25. The van der Waals surface area contributed by atoms with E-state index in [4.69, 9.17) is 11.6 Å². The van der Waals surface area contributed by atoms with Gasteiger partial charge in [0.05, 0.1) is 16.6 Å². The van der Waals surface area contributed by atoms with Crippen LogP contribution in [0.25, 0.3) is 11.4 Å². The normalized spacial score (nSPS) is 17.1. The molecular formula is C22H26ClN5O2S. The summed E-state index contributed by atoms with van der Waals surface area (Å²) in [6, 6.07) is 12.2. The molecule has 1 fully saturated rings. The van der Waals surface area contributed by atoms with E-state index in [1.807, 2.05) is 16.7 Å². The lowest BCUT2D eigenvalue weighted by Crippen LogP contribution is -2.16. The van der Waals surface area contributed by atoms with Gasteiger partial charge in [0.25, 0.3) is 10.0 Å². The maximum Gasteiger partial charge on any atom is 0.261 e. The van der Waals surface area contributed by atoms with Crippen LogP contribution in [0.1, 0.15) is 38.8 Å². The van der Waals surface area contributed by atoms with E-state index in [-0.39, 0.29) is 16.4 Å². The van der Waals surface area contributed by atoms with E-state index >= 15 is 0 Å². The van der Waals surface area contributed by atoms with E-state index in [9.17, 15) is 8.42 Å². The average molecular weight is 460 g/mol. The van der Waals surface area contributed by atoms with Crippen molar-refractivity contribution >= 4 is 27.3 Å². The molecule has 0 saturated carbocycles. The van der Waals surface area contributed by atoms with Crippen LogP contribution in [0.4, 0.5) is 5.69 Å². The Hall–Kier alpha value is -2.42. The molecule has 2 heterocycles. The maximum absolute atomic E-state index is 13.1. The molecule has 1 aliphatic rings. The Kier molecular flexibility index (Phi) is 5.81. The highest BCUT2D eigenvalue weighted by Crippen LogP contribution is 2.33. The molecule has 0 aliphatic carbocycles. The van der Waals surface area contributed by atoms with Gasteiger partial charge >= 0.3 is 0 Å². The summed E-state index contributed by atoms with van der Waals surface area (Å²) < 4.78 is 30.9. The maximum atomic E-state index is 13.1. The number of anilines is 1. The minimum atomic E-state index is -3.80. The van der Waals surface area contributed by atoms with E-state index in [0.717, 1.165) is 25.1 Å². The van der Waals surface area contributed by atoms with Gasteiger partial charge in [-0.1, -0.05) is 44.5 Å². The molecule has 4 rings (SSSR count). The highest BCUT2D eigenvalue weighted by molar-refractivity contribution is 7.92. The highest BCUT2D eigenvalue weighted by atomic mass is 35.5. The zero-order valence-corrected chi connectivity index (χ0v) is 19.3. The van der Waals surface area contributed by atoms with Crippen LogP contribution in [0, 0.1) is 0 Å². The first-order chi connectivity index (χ1) is 14.6. The lowest BCUT2D eigenvalue weighted by molar-refractivity contribution is 0.550. The molecule has 31 heavy (non-hydrogen) atoms. The molecule has 9 heteroatoms. The zero-order chi connectivity index (χ0) is 22.2. The van der Waals surface area contributed by atoms with Crippen LogP contribution in [-0.2, 0) is 15.4 Å². The predicted molar refractivity (Wildman–Crippen MR) is 123 cm³/mol. The fourth-order valence-corrected chi connectivity index (χ4v) is 4.96. The molecule has 0 spiro atoms. The van der Waals surface area contributed by atoms with Gasteiger partial charge in [-0.25, -0.2) is 8.42 Å². The van der Waals surface area contributed by atoms with Gasteiger partial charge in [0.2, 0.25) is 0 Å². The van der Waals surface area contributed by atoms with Gasteiger partial charge in [-0.2, -0.15) is 0 Å². The lowest BCUT2D eigenvalue weighted by Gasteiger charge is -2.19. The first kappa shape index (κ1) is 21.8. The molecule has 1 atom stereocenters. The number of benzene rings is 2. The monoisotopic (exact) mass is 459 g/mol. The Morgan fingerprint density at radius 1 is 1.16 bits per heavy atom. The third-order valence-electron chi connectivity index (χ3n) is 5.50. The van der Waals surface area contributed by atoms with Crippen LogP contribution in [-0.4, -0.2) is 36.3 Å². The molecule has 164 valence electrons. The summed E-state index contributed by atoms with van der Waals surface area (Å²) in [5, 5.41) is 12.2. The van der Waals surface area contributed by atoms with Gasteiger partial charge in [-0.3, -0.25) is 4.72 Å². The number of rotatable bonds is 5. The molecule has 2 N–H and O–H groups in total. The molecular weight excluding hydrogens is 434 g/mol. The topological polar surface area (TPSA) is 88.9 Å². The molecule has 1 saturated heterocycles. The fraction of sp³-hybridized carbons (Fsp3) is 0.364. The predicted octanol–water partition coefficient (Wildman–Crippen LogP) is 4.23. The molecule has 1 aliphatic heterocycles. The molecule has 0 bridgehead atoms. The molecule has 7 nitrogen and oxygen atoms in total. The van der Waals surface area contributed by atoms with Crippen LogP contribution in [0.15, 0.2) is 53.7 Å². The highest BCUT2D eigenvalue weighted by Gasteiger charge is 2.24. The summed E-state index contributed by atoms with van der Waals surface area (Å²) in [5.41, 5.74) is 2.01. The van der Waals surface area contributed by atoms with Crippen molar-refractivity contribution in [1.82, 2.24) is 20.1 Å². The van der Waals surface area contributed by atoms with Crippen LogP contribution in [0.2, 0.25) is 5.02 Å². The van der Waals surface area contributed by atoms with E-state index in [1.165, 1.54) is 0 Å². The lowest BCUT2D eigenvalue weighted by atomic mass is 9.87. The van der Waals surface area contributed by atoms with Gasteiger partial charge in [0.15, 0.2) is 5.82 Å². The van der Waals surface area contributed by atoms with Crippen molar-refractivity contribution in [2.24, 2.45) is 0 Å². The molecule has 3 aromatic rings. The third-order valence-corrected chi connectivity index (χ3v) is 7.11. The van der Waals surface area contributed by atoms with Gasteiger partial charge in [0.1, 0.15) is 6.33 Å². The first-order valence-corrected chi connectivity index (χ1v) is 12.0. The first-order valence-electron chi connectivity index (χ1n) is 10.2. The van der Waals surface area contributed by atoms with E-state index in [0.29, 0.717) is 22.1 Å². The van der Waals surface area contributed by atoms with Crippen LogP contribution < -0.4 is 10.0 Å². The molecule has 0 radical (unpaired) electrons. The summed E-state index contributed by atoms with van der Waals surface area (Å²) in [4.78, 5) is 0.197. The number of aromatic nitrogens is 3. The van der Waals surface area contributed by atoms with Crippen molar-refractivity contribution in [3.63, 3.8) is 0 Å². The van der Waals surface area contributed by atoms with Gasteiger partial charge in [0, 0.05) is 17.1 Å². The third kappa shape index (κ3) is 4.61. The summed E-state index contributed by atoms with van der Waals surface area (Å²) in [7, 11) is -3.80. The van der Waals surface area contributed by atoms with Crippen LogP contribution in [0.3, 0.4) is 0 Å². The summed E-state index contributed by atoms with van der Waals surface area (Å²) in [6.07, 6.45) is 2.63. The Labute approximate surface area is 187 Å². The second-order valence-electron chi connectivity index (χ2n) is 8.78. The van der Waals surface area contributed by atoms with Crippen molar-refractivity contribution in [1.29, 1.82) is 0 Å². The van der Waals surface area contributed by atoms with Gasteiger partial charge in [-0.05, 0) is 54.3 Å².